The summed E-state index contributed by atoms with van der Waals surface area (Å²) in [6.07, 6.45) is 1.45. The van der Waals surface area contributed by atoms with Crippen molar-refractivity contribution < 1.29 is 19.4 Å². The highest BCUT2D eigenvalue weighted by Gasteiger charge is 2.29. The molecule has 0 atom stereocenters. The molecule has 2 heterocycles. The van der Waals surface area contributed by atoms with Gasteiger partial charge < -0.3 is 20.4 Å². The average molecular weight is 284 g/mol. The fourth-order valence-corrected chi connectivity index (χ4v) is 3.23. The van der Waals surface area contributed by atoms with Gasteiger partial charge in [-0.1, -0.05) is 0 Å². The normalized spacial score (nSPS) is 28.4. The number of likely N-dealkylation sites (N-methyl/N-ethyl adjacent to an activating group) is 1. The van der Waals surface area contributed by atoms with Crippen LogP contribution in [0.3, 0.4) is 0 Å². The van der Waals surface area contributed by atoms with E-state index in [1.54, 1.807) is 4.90 Å². The Balaban J connectivity index is 1.72. The summed E-state index contributed by atoms with van der Waals surface area (Å²) >= 11 is 0. The molecule has 6 nitrogen and oxygen atoms in total. The SMILES string of the molecule is CC[NH+]1CC[NH+](CC(=O)N2CCC(C(N)=O)CC2)CC1. The fraction of sp³-hybridized carbons (Fsp3) is 0.857. The van der Waals surface area contributed by atoms with Crippen LogP contribution in [0.1, 0.15) is 19.8 Å². The summed E-state index contributed by atoms with van der Waals surface area (Å²) in [4.78, 5) is 28.4. The molecule has 2 aliphatic rings. The van der Waals surface area contributed by atoms with Gasteiger partial charge in [-0.15, -0.1) is 0 Å². The summed E-state index contributed by atoms with van der Waals surface area (Å²) in [5, 5.41) is 0. The van der Waals surface area contributed by atoms with Crippen LogP contribution < -0.4 is 15.5 Å². The maximum absolute atomic E-state index is 12.3. The number of rotatable bonds is 4. The van der Waals surface area contributed by atoms with E-state index in [1.165, 1.54) is 24.5 Å². The summed E-state index contributed by atoms with van der Waals surface area (Å²) in [5.74, 6) is -0.0210. The molecule has 0 aromatic heterocycles. The third-order valence-corrected chi connectivity index (χ3v) is 4.82. The molecule has 0 aromatic carbocycles. The second-order valence-corrected chi connectivity index (χ2v) is 6.09. The minimum atomic E-state index is -0.221. The zero-order chi connectivity index (χ0) is 14.5. The Kier molecular flexibility index (Phi) is 5.37. The zero-order valence-electron chi connectivity index (χ0n) is 12.5. The van der Waals surface area contributed by atoms with Crippen LogP contribution in [-0.4, -0.2) is 69.1 Å². The summed E-state index contributed by atoms with van der Waals surface area (Å²) < 4.78 is 0. The number of nitrogens with two attached hydrogens (primary N) is 1. The number of piperidine rings is 1. The van der Waals surface area contributed by atoms with Gasteiger partial charge in [0.05, 0.1) is 6.54 Å². The molecule has 0 aromatic rings. The zero-order valence-corrected chi connectivity index (χ0v) is 12.5. The van der Waals surface area contributed by atoms with E-state index in [2.05, 4.69) is 6.92 Å². The summed E-state index contributed by atoms with van der Waals surface area (Å²) in [7, 11) is 0. The van der Waals surface area contributed by atoms with Crippen LogP contribution in [0.5, 0.6) is 0 Å². The van der Waals surface area contributed by atoms with Crippen molar-refractivity contribution in [3.05, 3.63) is 0 Å². The second kappa shape index (κ2) is 7.04. The number of carbonyl (C=O) groups excluding carboxylic acids is 2. The summed E-state index contributed by atoms with van der Waals surface area (Å²) in [5.41, 5.74) is 5.32. The van der Waals surface area contributed by atoms with Gasteiger partial charge in [-0.3, -0.25) is 9.59 Å². The molecule has 2 saturated heterocycles. The number of nitrogens with one attached hydrogen (secondary N) is 2. The highest BCUT2D eigenvalue weighted by atomic mass is 16.2. The van der Waals surface area contributed by atoms with Gasteiger partial charge in [0.1, 0.15) is 26.2 Å². The van der Waals surface area contributed by atoms with Gasteiger partial charge in [0, 0.05) is 19.0 Å². The summed E-state index contributed by atoms with van der Waals surface area (Å²) in [6.45, 7) is 9.90. The number of nitrogens with zero attached hydrogens (tertiary/aromatic N) is 1. The Labute approximate surface area is 120 Å². The largest absolute Gasteiger partial charge is 0.369 e. The molecule has 2 fully saturated rings. The van der Waals surface area contributed by atoms with E-state index in [0.717, 1.165) is 25.9 Å². The van der Waals surface area contributed by atoms with Gasteiger partial charge in [0.2, 0.25) is 5.91 Å². The van der Waals surface area contributed by atoms with Crippen LogP contribution in [0.4, 0.5) is 0 Å². The van der Waals surface area contributed by atoms with Crippen LogP contribution in [0.25, 0.3) is 0 Å². The van der Waals surface area contributed by atoms with Crippen molar-refractivity contribution in [2.24, 2.45) is 11.7 Å². The first-order valence-electron chi connectivity index (χ1n) is 7.84. The molecule has 20 heavy (non-hydrogen) atoms. The molecule has 0 unspecified atom stereocenters. The fourth-order valence-electron chi connectivity index (χ4n) is 3.23. The molecule has 0 bridgehead atoms. The van der Waals surface area contributed by atoms with Gasteiger partial charge >= 0.3 is 0 Å². The number of hydrogen-bond acceptors (Lipinski definition) is 2. The first kappa shape index (κ1) is 15.3. The minimum Gasteiger partial charge on any atom is -0.369 e. The highest BCUT2D eigenvalue weighted by molar-refractivity contribution is 5.79. The third-order valence-electron chi connectivity index (χ3n) is 4.82. The Hall–Kier alpha value is -1.14. The van der Waals surface area contributed by atoms with E-state index in [0.29, 0.717) is 19.6 Å². The number of piperazine rings is 1. The molecule has 2 aliphatic heterocycles. The maximum Gasteiger partial charge on any atom is 0.277 e. The molecule has 2 amide bonds. The quantitative estimate of drug-likeness (QED) is 0.502. The van der Waals surface area contributed by atoms with E-state index < -0.39 is 0 Å². The van der Waals surface area contributed by atoms with Crippen molar-refractivity contribution in [3.63, 3.8) is 0 Å². The summed E-state index contributed by atoms with van der Waals surface area (Å²) in [6, 6.07) is 0. The van der Waals surface area contributed by atoms with Crippen molar-refractivity contribution in [1.82, 2.24) is 4.90 Å². The molecule has 114 valence electrons. The number of carbonyl (C=O) groups is 2. The second-order valence-electron chi connectivity index (χ2n) is 6.09. The Bertz CT molecular complexity index is 345. The Morgan fingerprint density at radius 2 is 1.65 bits per heavy atom. The van der Waals surface area contributed by atoms with Crippen molar-refractivity contribution >= 4 is 11.8 Å². The number of likely N-dealkylation sites (tertiary alicyclic amines) is 1. The van der Waals surface area contributed by atoms with Gasteiger partial charge in [0.15, 0.2) is 6.54 Å². The maximum atomic E-state index is 12.3. The first-order valence-corrected chi connectivity index (χ1v) is 7.84. The van der Waals surface area contributed by atoms with Gasteiger partial charge in [-0.05, 0) is 19.8 Å². The van der Waals surface area contributed by atoms with Gasteiger partial charge in [-0.2, -0.15) is 0 Å². The van der Waals surface area contributed by atoms with Crippen LogP contribution in [-0.2, 0) is 9.59 Å². The van der Waals surface area contributed by atoms with Gasteiger partial charge in [0.25, 0.3) is 5.91 Å². The van der Waals surface area contributed by atoms with E-state index in [-0.39, 0.29) is 17.7 Å². The van der Waals surface area contributed by atoms with Crippen LogP contribution in [0, 0.1) is 5.92 Å². The van der Waals surface area contributed by atoms with Gasteiger partial charge in [-0.25, -0.2) is 0 Å². The van der Waals surface area contributed by atoms with Crippen molar-refractivity contribution in [3.8, 4) is 0 Å². The average Bonchev–Trinajstić information content (AvgIpc) is 2.48. The third kappa shape index (κ3) is 3.93. The standard InChI is InChI=1S/C14H26N4O2/c1-2-16-7-9-17(10-8-16)11-13(19)18-5-3-12(4-6-18)14(15)20/h12H,2-11H2,1H3,(H2,15,20)/p+2. The molecular weight excluding hydrogens is 256 g/mol. The number of hydrogen-bond donors (Lipinski definition) is 3. The predicted molar refractivity (Wildman–Crippen MR) is 75.3 cm³/mol. The topological polar surface area (TPSA) is 72.3 Å². The lowest BCUT2D eigenvalue weighted by atomic mass is 9.96. The molecule has 4 N–H and O–H groups in total. The van der Waals surface area contributed by atoms with E-state index in [4.69, 9.17) is 5.73 Å². The number of amides is 2. The van der Waals surface area contributed by atoms with Crippen molar-refractivity contribution in [1.29, 1.82) is 0 Å². The number of primary amides is 1. The Morgan fingerprint density at radius 3 is 2.15 bits per heavy atom. The Morgan fingerprint density at radius 1 is 1.10 bits per heavy atom. The lowest BCUT2D eigenvalue weighted by Gasteiger charge is -2.33. The van der Waals surface area contributed by atoms with Crippen LogP contribution in [0.15, 0.2) is 0 Å². The predicted octanol–water partition coefficient (Wildman–Crippen LogP) is -3.49. The van der Waals surface area contributed by atoms with Crippen molar-refractivity contribution in [2.75, 3.05) is 52.4 Å². The molecule has 0 aliphatic carbocycles. The lowest BCUT2D eigenvalue weighted by molar-refractivity contribution is -1.01. The monoisotopic (exact) mass is 284 g/mol. The first-order chi connectivity index (χ1) is 9.60. The molecule has 6 heteroatoms. The van der Waals surface area contributed by atoms with E-state index in [9.17, 15) is 9.59 Å². The number of quaternary nitrogens is 2. The molecule has 0 radical (unpaired) electrons. The highest BCUT2D eigenvalue weighted by Crippen LogP contribution is 2.16. The molecular formula is C14H28N4O2+2. The van der Waals surface area contributed by atoms with Crippen LogP contribution in [0.2, 0.25) is 0 Å². The molecule has 2 rings (SSSR count). The minimum absolute atomic E-state index is 0.0388. The lowest BCUT2D eigenvalue weighted by Crippen LogP contribution is -3.28. The van der Waals surface area contributed by atoms with Crippen molar-refractivity contribution in [2.45, 2.75) is 19.8 Å². The van der Waals surface area contributed by atoms with E-state index >= 15 is 0 Å². The smallest absolute Gasteiger partial charge is 0.277 e. The van der Waals surface area contributed by atoms with E-state index in [1.807, 2.05) is 4.90 Å². The molecule has 0 saturated carbocycles. The molecule has 0 spiro atoms. The van der Waals surface area contributed by atoms with Crippen LogP contribution >= 0.6 is 0 Å².